The number of nitro groups is 1. The fraction of sp³-hybridized carbons (Fsp3) is 0.462. The summed E-state index contributed by atoms with van der Waals surface area (Å²) in [6, 6.07) is 4.42. The van der Waals surface area contributed by atoms with Gasteiger partial charge in [-0.2, -0.15) is 11.8 Å². The molecule has 7 heteroatoms. The first kappa shape index (κ1) is 16.3. The lowest BCUT2D eigenvalue weighted by molar-refractivity contribution is -0.384. The average Bonchev–Trinajstić information content (AvgIpc) is 2.42. The monoisotopic (exact) mass is 297 g/mol. The molecule has 1 aromatic carbocycles. The minimum absolute atomic E-state index is 0.00557. The van der Waals surface area contributed by atoms with Crippen molar-refractivity contribution in [1.29, 1.82) is 0 Å². The maximum absolute atomic E-state index is 12.4. The first-order valence-corrected chi connectivity index (χ1v) is 7.58. The van der Waals surface area contributed by atoms with Gasteiger partial charge in [0.25, 0.3) is 5.91 Å². The maximum atomic E-state index is 12.4. The molecule has 0 spiro atoms. The molecule has 1 aromatic rings. The number of nitro benzene ring substituents is 1. The number of hydrogen-bond donors (Lipinski definition) is 1. The van der Waals surface area contributed by atoms with Crippen LogP contribution >= 0.6 is 11.8 Å². The van der Waals surface area contributed by atoms with Crippen LogP contribution in [0, 0.1) is 10.1 Å². The number of amides is 1. The maximum Gasteiger partial charge on any atom is 0.304 e. The second-order valence-corrected chi connectivity index (χ2v) is 5.53. The molecule has 0 saturated carbocycles. The van der Waals surface area contributed by atoms with Crippen molar-refractivity contribution >= 4 is 29.0 Å². The van der Waals surface area contributed by atoms with E-state index in [9.17, 15) is 14.9 Å². The number of carbonyl (C=O) groups is 1. The molecule has 0 aliphatic heterocycles. The molecule has 0 saturated heterocycles. The van der Waals surface area contributed by atoms with Gasteiger partial charge in [-0.25, -0.2) is 0 Å². The predicted molar refractivity (Wildman–Crippen MR) is 82.1 cm³/mol. The van der Waals surface area contributed by atoms with Crippen LogP contribution < -0.4 is 5.73 Å². The molecule has 0 aromatic heterocycles. The van der Waals surface area contributed by atoms with E-state index in [1.54, 1.807) is 24.9 Å². The molecule has 0 fully saturated rings. The van der Waals surface area contributed by atoms with Crippen LogP contribution in [0.15, 0.2) is 18.2 Å². The van der Waals surface area contributed by atoms with Gasteiger partial charge in [0.15, 0.2) is 0 Å². The number of rotatable bonds is 6. The van der Waals surface area contributed by atoms with Gasteiger partial charge in [-0.3, -0.25) is 14.9 Å². The lowest BCUT2D eigenvalue weighted by Gasteiger charge is -2.24. The van der Waals surface area contributed by atoms with Crippen molar-refractivity contribution in [3.63, 3.8) is 0 Å². The zero-order valence-corrected chi connectivity index (χ0v) is 12.6. The number of anilines is 1. The summed E-state index contributed by atoms with van der Waals surface area (Å²) in [5, 5.41) is 11.1. The second kappa shape index (κ2) is 7.14. The molecule has 6 nitrogen and oxygen atoms in total. The van der Waals surface area contributed by atoms with Crippen molar-refractivity contribution in [2.45, 2.75) is 19.4 Å². The number of nitrogen functional groups attached to an aromatic ring is 1. The molecule has 0 heterocycles. The van der Waals surface area contributed by atoms with Crippen molar-refractivity contribution in [1.82, 2.24) is 4.90 Å². The smallest absolute Gasteiger partial charge is 0.304 e. The number of carbonyl (C=O) groups excluding carboxylic acids is 1. The van der Waals surface area contributed by atoms with Gasteiger partial charge in [0.1, 0.15) is 11.3 Å². The fourth-order valence-corrected chi connectivity index (χ4v) is 2.39. The van der Waals surface area contributed by atoms with E-state index in [1.165, 1.54) is 17.0 Å². The van der Waals surface area contributed by atoms with E-state index in [0.717, 1.165) is 12.2 Å². The highest BCUT2D eigenvalue weighted by atomic mass is 32.2. The normalized spacial score (nSPS) is 11.9. The SMILES string of the molecule is CSCCC(C)N(C)C(=O)c1cccc(N)c1[N+](=O)[O-]. The topological polar surface area (TPSA) is 89.5 Å². The van der Waals surface area contributed by atoms with Gasteiger partial charge in [-0.05, 0) is 37.5 Å². The largest absolute Gasteiger partial charge is 0.393 e. The Morgan fingerprint density at radius 2 is 2.20 bits per heavy atom. The van der Waals surface area contributed by atoms with E-state index in [2.05, 4.69) is 0 Å². The first-order chi connectivity index (χ1) is 9.40. The van der Waals surface area contributed by atoms with Crippen LogP contribution in [0.1, 0.15) is 23.7 Å². The van der Waals surface area contributed by atoms with Crippen LogP contribution in [0.2, 0.25) is 0 Å². The molecule has 20 heavy (non-hydrogen) atoms. The van der Waals surface area contributed by atoms with Crippen LogP contribution in [0.5, 0.6) is 0 Å². The molecule has 0 aliphatic rings. The number of benzene rings is 1. The molecule has 0 aliphatic carbocycles. The first-order valence-electron chi connectivity index (χ1n) is 6.19. The van der Waals surface area contributed by atoms with E-state index in [1.807, 2.05) is 13.2 Å². The van der Waals surface area contributed by atoms with Crippen LogP contribution in [0.3, 0.4) is 0 Å². The summed E-state index contributed by atoms with van der Waals surface area (Å²) in [6.45, 7) is 1.92. The third-order valence-corrected chi connectivity index (χ3v) is 3.85. The molecule has 0 bridgehead atoms. The highest BCUT2D eigenvalue weighted by Crippen LogP contribution is 2.27. The molecular weight excluding hydrogens is 278 g/mol. The lowest BCUT2D eigenvalue weighted by Crippen LogP contribution is -2.35. The molecule has 1 atom stereocenters. The van der Waals surface area contributed by atoms with Gasteiger partial charge in [-0.1, -0.05) is 6.07 Å². The third-order valence-electron chi connectivity index (χ3n) is 3.20. The van der Waals surface area contributed by atoms with Gasteiger partial charge in [0.05, 0.1) is 4.92 Å². The second-order valence-electron chi connectivity index (χ2n) is 4.55. The van der Waals surface area contributed by atoms with Gasteiger partial charge < -0.3 is 10.6 Å². The molecule has 1 amide bonds. The summed E-state index contributed by atoms with van der Waals surface area (Å²) in [7, 11) is 1.65. The molecule has 2 N–H and O–H groups in total. The highest BCUT2D eigenvalue weighted by molar-refractivity contribution is 7.98. The number of hydrogen-bond acceptors (Lipinski definition) is 5. The van der Waals surface area contributed by atoms with Gasteiger partial charge in [-0.15, -0.1) is 0 Å². The quantitative estimate of drug-likeness (QED) is 0.494. The van der Waals surface area contributed by atoms with Crippen molar-refractivity contribution in [2.75, 3.05) is 24.8 Å². The summed E-state index contributed by atoms with van der Waals surface area (Å²) in [4.78, 5) is 24.4. The zero-order valence-electron chi connectivity index (χ0n) is 11.8. The Bertz CT molecular complexity index is 508. The van der Waals surface area contributed by atoms with Crippen molar-refractivity contribution in [2.24, 2.45) is 0 Å². The Balaban J connectivity index is 3.03. The highest BCUT2D eigenvalue weighted by Gasteiger charge is 2.27. The summed E-state index contributed by atoms with van der Waals surface area (Å²) in [5.41, 5.74) is 5.32. The minimum atomic E-state index is -0.608. The number of nitrogens with zero attached hydrogens (tertiary/aromatic N) is 2. The standard InChI is InChI=1S/C13H19N3O3S/c1-9(7-8-20-3)15(2)13(17)10-5-4-6-11(14)12(10)16(18)19/h4-6,9H,7-8,14H2,1-3H3. The summed E-state index contributed by atoms with van der Waals surface area (Å²) in [6.07, 6.45) is 2.83. The van der Waals surface area contributed by atoms with Gasteiger partial charge >= 0.3 is 5.69 Å². The van der Waals surface area contributed by atoms with Crippen molar-refractivity contribution in [3.8, 4) is 0 Å². The Morgan fingerprint density at radius 1 is 1.55 bits per heavy atom. The van der Waals surface area contributed by atoms with E-state index >= 15 is 0 Å². The molecular formula is C13H19N3O3S. The third kappa shape index (κ3) is 3.63. The number of nitrogens with two attached hydrogens (primary N) is 1. The molecule has 1 rings (SSSR count). The molecule has 1 unspecified atom stereocenters. The van der Waals surface area contributed by atoms with Gasteiger partial charge in [0.2, 0.25) is 0 Å². The van der Waals surface area contributed by atoms with E-state index in [0.29, 0.717) is 0 Å². The summed E-state index contributed by atoms with van der Waals surface area (Å²) < 4.78 is 0. The predicted octanol–water partition coefficient (Wildman–Crippen LogP) is 2.39. The molecule has 110 valence electrons. The van der Waals surface area contributed by atoms with E-state index in [4.69, 9.17) is 5.73 Å². The van der Waals surface area contributed by atoms with Crippen LogP contribution in [-0.4, -0.2) is 40.8 Å². The van der Waals surface area contributed by atoms with Crippen molar-refractivity contribution in [3.05, 3.63) is 33.9 Å². The Hall–Kier alpha value is -1.76. The van der Waals surface area contributed by atoms with E-state index < -0.39 is 4.92 Å². The van der Waals surface area contributed by atoms with Crippen LogP contribution in [-0.2, 0) is 0 Å². The Labute approximate surface area is 122 Å². The van der Waals surface area contributed by atoms with Crippen LogP contribution in [0.4, 0.5) is 11.4 Å². The summed E-state index contributed by atoms with van der Waals surface area (Å²) >= 11 is 1.70. The minimum Gasteiger partial charge on any atom is -0.393 e. The van der Waals surface area contributed by atoms with Crippen molar-refractivity contribution < 1.29 is 9.72 Å². The average molecular weight is 297 g/mol. The fourth-order valence-electron chi connectivity index (χ4n) is 1.81. The van der Waals surface area contributed by atoms with Crippen LogP contribution in [0.25, 0.3) is 0 Å². The number of para-hydroxylation sites is 1. The zero-order chi connectivity index (χ0) is 15.3. The number of thioether (sulfide) groups is 1. The molecule has 0 radical (unpaired) electrons. The van der Waals surface area contributed by atoms with E-state index in [-0.39, 0.29) is 28.9 Å². The Morgan fingerprint density at radius 3 is 2.75 bits per heavy atom. The van der Waals surface area contributed by atoms with Gasteiger partial charge in [0, 0.05) is 13.1 Å². The Kier molecular flexibility index (Phi) is 5.82. The summed E-state index contributed by atoms with van der Waals surface area (Å²) in [5.74, 6) is 0.551. The lowest BCUT2D eigenvalue weighted by atomic mass is 10.1.